The van der Waals surface area contributed by atoms with Gasteiger partial charge in [0, 0.05) is 0 Å². The molecule has 1 atom stereocenters. The van der Waals surface area contributed by atoms with Gasteiger partial charge in [0.15, 0.2) is 0 Å². The topological polar surface area (TPSA) is 72.6 Å². The van der Waals surface area contributed by atoms with Gasteiger partial charge in [-0.1, -0.05) is 30.3 Å². The molecule has 1 unspecified atom stereocenters. The van der Waals surface area contributed by atoms with Crippen molar-refractivity contribution in [3.63, 3.8) is 0 Å². The Morgan fingerprint density at radius 2 is 1.74 bits per heavy atom. The highest BCUT2D eigenvalue weighted by Gasteiger charge is 2.30. The number of carbonyl (C=O) groups is 1. The lowest BCUT2D eigenvalue weighted by Crippen LogP contribution is -2.41. The molecule has 3 N–H and O–H groups in total. The van der Waals surface area contributed by atoms with E-state index in [0.29, 0.717) is 17.1 Å². The van der Waals surface area contributed by atoms with Crippen LogP contribution in [-0.2, 0) is 10.3 Å². The summed E-state index contributed by atoms with van der Waals surface area (Å²) in [5.41, 5.74) is 4.85. The Hall–Kier alpha value is -2.33. The second-order valence-electron chi connectivity index (χ2n) is 4.45. The monoisotopic (exact) mass is 257 g/mol. The summed E-state index contributed by atoms with van der Waals surface area (Å²) in [4.78, 5) is 11.1. The largest absolute Gasteiger partial charge is 0.480 e. The summed E-state index contributed by atoms with van der Waals surface area (Å²) in [5, 5.41) is 9.11. The summed E-state index contributed by atoms with van der Waals surface area (Å²) < 4.78 is 5.65. The van der Waals surface area contributed by atoms with Crippen LogP contribution >= 0.6 is 0 Å². The third-order valence-corrected chi connectivity index (χ3v) is 2.86. The van der Waals surface area contributed by atoms with E-state index in [1.165, 1.54) is 6.92 Å². The number of hydrogen-bond acceptors (Lipinski definition) is 3. The molecule has 2 aromatic carbocycles. The van der Waals surface area contributed by atoms with E-state index in [-0.39, 0.29) is 0 Å². The quantitative estimate of drug-likeness (QED) is 0.883. The van der Waals surface area contributed by atoms with Crippen molar-refractivity contribution in [2.24, 2.45) is 5.73 Å². The number of rotatable bonds is 4. The van der Waals surface area contributed by atoms with Gasteiger partial charge in [-0.2, -0.15) is 0 Å². The van der Waals surface area contributed by atoms with Crippen molar-refractivity contribution in [3.8, 4) is 11.5 Å². The van der Waals surface area contributed by atoms with Gasteiger partial charge in [-0.15, -0.1) is 0 Å². The summed E-state index contributed by atoms with van der Waals surface area (Å²) >= 11 is 0. The van der Waals surface area contributed by atoms with Gasteiger partial charge in [-0.3, -0.25) is 0 Å². The van der Waals surface area contributed by atoms with Crippen LogP contribution in [0.2, 0.25) is 0 Å². The maximum atomic E-state index is 11.1. The van der Waals surface area contributed by atoms with Gasteiger partial charge in [0.1, 0.15) is 17.0 Å². The van der Waals surface area contributed by atoms with E-state index >= 15 is 0 Å². The molecule has 0 aromatic heterocycles. The molecule has 0 spiro atoms. The van der Waals surface area contributed by atoms with E-state index in [0.717, 1.165) is 0 Å². The first-order valence-corrected chi connectivity index (χ1v) is 5.86. The Bertz CT molecular complexity index is 579. The maximum absolute atomic E-state index is 11.1. The second-order valence-corrected chi connectivity index (χ2v) is 4.45. The van der Waals surface area contributed by atoms with Crippen LogP contribution in [0.15, 0.2) is 54.6 Å². The van der Waals surface area contributed by atoms with E-state index in [4.69, 9.17) is 15.6 Å². The molecule has 98 valence electrons. The van der Waals surface area contributed by atoms with Crippen molar-refractivity contribution in [2.75, 3.05) is 0 Å². The summed E-state index contributed by atoms with van der Waals surface area (Å²) in [5.74, 6) is 0.166. The Labute approximate surface area is 111 Å². The van der Waals surface area contributed by atoms with Crippen LogP contribution in [0.3, 0.4) is 0 Å². The zero-order chi connectivity index (χ0) is 13.9. The SMILES string of the molecule is CC(N)(C(=O)O)c1cccc(Oc2ccccc2)c1. The molecule has 0 bridgehead atoms. The molecule has 2 rings (SSSR count). The first-order chi connectivity index (χ1) is 9.00. The predicted octanol–water partition coefficient (Wildman–Crippen LogP) is 2.74. The average molecular weight is 257 g/mol. The summed E-state index contributed by atoms with van der Waals surface area (Å²) in [6.07, 6.45) is 0. The number of nitrogens with two attached hydrogens (primary N) is 1. The Kier molecular flexibility index (Phi) is 3.53. The van der Waals surface area contributed by atoms with Crippen molar-refractivity contribution in [2.45, 2.75) is 12.5 Å². The first-order valence-electron chi connectivity index (χ1n) is 5.86. The molecule has 0 aliphatic rings. The predicted molar refractivity (Wildman–Crippen MR) is 72.1 cm³/mol. The summed E-state index contributed by atoms with van der Waals surface area (Å²) in [6.45, 7) is 1.46. The molecule has 4 nitrogen and oxygen atoms in total. The van der Waals surface area contributed by atoms with Crippen LogP contribution in [0.5, 0.6) is 11.5 Å². The fourth-order valence-electron chi connectivity index (χ4n) is 1.63. The third-order valence-electron chi connectivity index (χ3n) is 2.86. The first kappa shape index (κ1) is 13.1. The molecule has 0 radical (unpaired) electrons. The van der Waals surface area contributed by atoms with Gasteiger partial charge in [-0.05, 0) is 36.8 Å². The number of ether oxygens (including phenoxy) is 1. The Balaban J connectivity index is 2.28. The van der Waals surface area contributed by atoms with Gasteiger partial charge < -0.3 is 15.6 Å². The van der Waals surface area contributed by atoms with E-state index in [2.05, 4.69) is 0 Å². The number of benzene rings is 2. The zero-order valence-electron chi connectivity index (χ0n) is 10.5. The summed E-state index contributed by atoms with van der Waals surface area (Å²) in [7, 11) is 0. The lowest BCUT2D eigenvalue weighted by Gasteiger charge is -2.20. The maximum Gasteiger partial charge on any atom is 0.328 e. The minimum absolute atomic E-state index is 0.494. The number of aliphatic carboxylic acids is 1. The smallest absolute Gasteiger partial charge is 0.328 e. The molecule has 0 aliphatic heterocycles. The minimum Gasteiger partial charge on any atom is -0.480 e. The lowest BCUT2D eigenvalue weighted by molar-refractivity contribution is -0.143. The van der Waals surface area contributed by atoms with Gasteiger partial charge in [-0.25, -0.2) is 4.79 Å². The third kappa shape index (κ3) is 2.92. The number of carboxylic acids is 1. The fourth-order valence-corrected chi connectivity index (χ4v) is 1.63. The molecular weight excluding hydrogens is 242 g/mol. The van der Waals surface area contributed by atoms with Gasteiger partial charge in [0.2, 0.25) is 0 Å². The minimum atomic E-state index is -1.43. The summed E-state index contributed by atoms with van der Waals surface area (Å²) in [6, 6.07) is 16.1. The van der Waals surface area contributed by atoms with Crippen LogP contribution in [0.1, 0.15) is 12.5 Å². The molecule has 0 heterocycles. The van der Waals surface area contributed by atoms with Crippen molar-refractivity contribution in [1.29, 1.82) is 0 Å². The highest BCUT2D eigenvalue weighted by Crippen LogP contribution is 2.26. The van der Waals surface area contributed by atoms with Crippen molar-refractivity contribution in [1.82, 2.24) is 0 Å². The van der Waals surface area contributed by atoms with Crippen LogP contribution in [0.4, 0.5) is 0 Å². The molecule has 0 saturated heterocycles. The average Bonchev–Trinajstić information content (AvgIpc) is 2.40. The van der Waals surface area contributed by atoms with Gasteiger partial charge in [0.05, 0.1) is 0 Å². The van der Waals surface area contributed by atoms with Crippen molar-refractivity contribution in [3.05, 3.63) is 60.2 Å². The standard InChI is InChI=1S/C15H15NO3/c1-15(16,14(17)18)11-6-5-9-13(10-11)19-12-7-3-2-4-8-12/h2-10H,16H2,1H3,(H,17,18). The van der Waals surface area contributed by atoms with Crippen LogP contribution in [-0.4, -0.2) is 11.1 Å². The Morgan fingerprint density at radius 3 is 2.37 bits per heavy atom. The molecule has 4 heteroatoms. The molecular formula is C15H15NO3. The highest BCUT2D eigenvalue weighted by molar-refractivity contribution is 5.80. The Morgan fingerprint density at radius 1 is 1.11 bits per heavy atom. The van der Waals surface area contributed by atoms with E-state index in [9.17, 15) is 4.79 Å². The number of para-hydroxylation sites is 1. The van der Waals surface area contributed by atoms with Crippen LogP contribution in [0, 0.1) is 0 Å². The van der Waals surface area contributed by atoms with Gasteiger partial charge in [0.25, 0.3) is 0 Å². The molecule has 0 aliphatic carbocycles. The molecule has 0 fully saturated rings. The fraction of sp³-hybridized carbons (Fsp3) is 0.133. The van der Waals surface area contributed by atoms with E-state index < -0.39 is 11.5 Å². The highest BCUT2D eigenvalue weighted by atomic mass is 16.5. The van der Waals surface area contributed by atoms with E-state index in [1.807, 2.05) is 30.3 Å². The van der Waals surface area contributed by atoms with E-state index in [1.54, 1.807) is 24.3 Å². The number of hydrogen-bond donors (Lipinski definition) is 2. The van der Waals surface area contributed by atoms with Gasteiger partial charge >= 0.3 is 5.97 Å². The van der Waals surface area contributed by atoms with Crippen molar-refractivity contribution < 1.29 is 14.6 Å². The van der Waals surface area contributed by atoms with Crippen molar-refractivity contribution >= 4 is 5.97 Å². The second kappa shape index (κ2) is 5.12. The van der Waals surface area contributed by atoms with Crippen LogP contribution < -0.4 is 10.5 Å². The van der Waals surface area contributed by atoms with Crippen LogP contribution in [0.25, 0.3) is 0 Å². The lowest BCUT2D eigenvalue weighted by atomic mass is 9.93. The molecule has 0 amide bonds. The molecule has 0 saturated carbocycles. The zero-order valence-corrected chi connectivity index (χ0v) is 10.5. The molecule has 2 aromatic rings. The molecule has 19 heavy (non-hydrogen) atoms. The normalized spacial score (nSPS) is 13.6. The number of carboxylic acid groups (broad SMARTS) is 1.